The van der Waals surface area contributed by atoms with E-state index in [9.17, 15) is 14.4 Å². The maximum Gasteiger partial charge on any atom is 0.306 e. The molecule has 0 spiro atoms. The summed E-state index contributed by atoms with van der Waals surface area (Å²) in [6, 6.07) is 0. The number of allylic oxidation sites excluding steroid dienone is 14. The number of hydrogen-bond acceptors (Lipinski definition) is 6. The molecule has 0 heterocycles. The Bertz CT molecular complexity index is 1270. The van der Waals surface area contributed by atoms with Gasteiger partial charge in [0.1, 0.15) is 13.2 Å². The van der Waals surface area contributed by atoms with E-state index in [0.717, 1.165) is 109 Å². The zero-order chi connectivity index (χ0) is 47.2. The van der Waals surface area contributed by atoms with Crippen LogP contribution >= 0.6 is 0 Å². The summed E-state index contributed by atoms with van der Waals surface area (Å²) in [7, 11) is 0. The van der Waals surface area contributed by atoms with Gasteiger partial charge in [-0.3, -0.25) is 14.4 Å². The highest BCUT2D eigenvalue weighted by Gasteiger charge is 2.19. The van der Waals surface area contributed by atoms with Gasteiger partial charge in [-0.05, 0) is 109 Å². The lowest BCUT2D eigenvalue weighted by molar-refractivity contribution is -0.167. The predicted octanol–water partition coefficient (Wildman–Crippen LogP) is 18.0. The summed E-state index contributed by atoms with van der Waals surface area (Å²) >= 11 is 0. The molecule has 0 fully saturated rings. The molecule has 0 N–H and O–H groups in total. The first kappa shape index (κ1) is 61.6. The summed E-state index contributed by atoms with van der Waals surface area (Å²) in [5, 5.41) is 0. The Kier molecular flexibility index (Phi) is 50.4. The average molecular weight is 905 g/mol. The van der Waals surface area contributed by atoms with Crippen LogP contribution in [-0.4, -0.2) is 37.2 Å². The van der Waals surface area contributed by atoms with E-state index >= 15 is 0 Å². The minimum Gasteiger partial charge on any atom is -0.462 e. The molecule has 1 atom stereocenters. The molecule has 0 aliphatic heterocycles. The Balaban J connectivity index is 4.34. The van der Waals surface area contributed by atoms with E-state index in [0.29, 0.717) is 19.3 Å². The monoisotopic (exact) mass is 905 g/mol. The van der Waals surface area contributed by atoms with Crippen molar-refractivity contribution in [2.24, 2.45) is 0 Å². The van der Waals surface area contributed by atoms with Gasteiger partial charge in [-0.25, -0.2) is 0 Å². The fraction of sp³-hybridized carbons (Fsp3) is 0.712. The number of hydrogen-bond donors (Lipinski definition) is 0. The van der Waals surface area contributed by atoms with Gasteiger partial charge in [-0.2, -0.15) is 0 Å². The summed E-state index contributed by atoms with van der Waals surface area (Å²) in [4.78, 5) is 38.0. The number of ether oxygens (including phenoxy) is 3. The van der Waals surface area contributed by atoms with Crippen LogP contribution in [0.15, 0.2) is 85.1 Å². The van der Waals surface area contributed by atoms with Gasteiger partial charge < -0.3 is 14.2 Å². The smallest absolute Gasteiger partial charge is 0.306 e. The molecule has 0 rings (SSSR count). The van der Waals surface area contributed by atoms with Crippen LogP contribution in [0.1, 0.15) is 252 Å². The van der Waals surface area contributed by atoms with Crippen LogP contribution in [0.2, 0.25) is 0 Å². The summed E-state index contributed by atoms with van der Waals surface area (Å²) in [6.07, 6.45) is 68.7. The van der Waals surface area contributed by atoms with E-state index in [4.69, 9.17) is 14.2 Å². The first-order chi connectivity index (χ1) is 32.0. The molecule has 1 unspecified atom stereocenters. The minimum atomic E-state index is -0.797. The molecule has 0 radical (unpaired) electrons. The Hall–Kier alpha value is -3.41. The molecule has 0 amide bonds. The molecule has 0 aromatic carbocycles. The van der Waals surface area contributed by atoms with Crippen LogP contribution in [-0.2, 0) is 28.6 Å². The topological polar surface area (TPSA) is 78.9 Å². The first-order valence-electron chi connectivity index (χ1n) is 27.1. The van der Waals surface area contributed by atoms with Gasteiger partial charge in [-0.1, -0.05) is 209 Å². The van der Waals surface area contributed by atoms with Gasteiger partial charge >= 0.3 is 17.9 Å². The third-order valence-electron chi connectivity index (χ3n) is 11.4. The zero-order valence-corrected chi connectivity index (χ0v) is 42.5. The number of esters is 3. The van der Waals surface area contributed by atoms with E-state index in [1.807, 2.05) is 0 Å². The Morgan fingerprint density at radius 2 is 0.600 bits per heavy atom. The van der Waals surface area contributed by atoms with Gasteiger partial charge in [0.2, 0.25) is 0 Å². The average Bonchev–Trinajstić information content (AvgIpc) is 3.30. The van der Waals surface area contributed by atoms with E-state index in [-0.39, 0.29) is 31.1 Å². The second kappa shape index (κ2) is 53.2. The number of unbranched alkanes of at least 4 members (excludes halogenated alkanes) is 23. The minimum absolute atomic E-state index is 0.0964. The number of carbonyl (C=O) groups is 3. The van der Waals surface area contributed by atoms with Crippen molar-refractivity contribution in [3.05, 3.63) is 85.1 Å². The number of rotatable bonds is 48. The molecule has 6 heteroatoms. The van der Waals surface area contributed by atoms with Crippen molar-refractivity contribution < 1.29 is 28.6 Å². The largest absolute Gasteiger partial charge is 0.462 e. The third kappa shape index (κ3) is 51.4. The Morgan fingerprint density at radius 1 is 0.323 bits per heavy atom. The second-order valence-electron chi connectivity index (χ2n) is 17.7. The van der Waals surface area contributed by atoms with E-state index in [1.54, 1.807) is 0 Å². The van der Waals surface area contributed by atoms with Crippen molar-refractivity contribution in [2.75, 3.05) is 13.2 Å². The maximum atomic E-state index is 12.8. The van der Waals surface area contributed by atoms with Crippen molar-refractivity contribution >= 4 is 17.9 Å². The SMILES string of the molecule is CC/C=C\C/C=C\C/C=C\C/C=C\CCCCCCCCC(=O)OCC(COC(=O)CCCC/C=C\C/C=C\CC)OC(=O)CCCCCCCCC/C=C\CCCCCCCCCC. The molecule has 0 bridgehead atoms. The van der Waals surface area contributed by atoms with Crippen molar-refractivity contribution in [3.8, 4) is 0 Å². The summed E-state index contributed by atoms with van der Waals surface area (Å²) in [6.45, 7) is 6.36. The molecule has 0 aromatic rings. The van der Waals surface area contributed by atoms with Crippen LogP contribution in [0.3, 0.4) is 0 Å². The molecular weight excluding hydrogens is 805 g/mol. The van der Waals surface area contributed by atoms with Gasteiger partial charge in [0.05, 0.1) is 0 Å². The van der Waals surface area contributed by atoms with Crippen molar-refractivity contribution in [2.45, 2.75) is 258 Å². The quantitative estimate of drug-likeness (QED) is 0.0262. The van der Waals surface area contributed by atoms with Gasteiger partial charge in [0, 0.05) is 19.3 Å². The molecule has 0 aromatic heterocycles. The summed E-state index contributed by atoms with van der Waals surface area (Å²) in [5.41, 5.74) is 0. The molecule has 0 aliphatic rings. The van der Waals surface area contributed by atoms with Crippen LogP contribution < -0.4 is 0 Å². The lowest BCUT2D eigenvalue weighted by Gasteiger charge is -2.18. The van der Waals surface area contributed by atoms with E-state index in [1.165, 1.54) is 103 Å². The highest BCUT2D eigenvalue weighted by molar-refractivity contribution is 5.71. The molecule has 65 heavy (non-hydrogen) atoms. The van der Waals surface area contributed by atoms with Gasteiger partial charge in [0.15, 0.2) is 6.10 Å². The Labute approximate surface area is 401 Å². The number of carbonyl (C=O) groups excluding carboxylic acids is 3. The van der Waals surface area contributed by atoms with Crippen LogP contribution in [0.4, 0.5) is 0 Å². The first-order valence-corrected chi connectivity index (χ1v) is 27.1. The highest BCUT2D eigenvalue weighted by Crippen LogP contribution is 2.14. The van der Waals surface area contributed by atoms with Crippen LogP contribution in [0.5, 0.6) is 0 Å². The fourth-order valence-electron chi connectivity index (χ4n) is 7.35. The van der Waals surface area contributed by atoms with Gasteiger partial charge in [0.25, 0.3) is 0 Å². The molecular formula is C59H100O6. The van der Waals surface area contributed by atoms with Crippen molar-refractivity contribution in [1.29, 1.82) is 0 Å². The predicted molar refractivity (Wildman–Crippen MR) is 279 cm³/mol. The lowest BCUT2D eigenvalue weighted by Crippen LogP contribution is -2.30. The fourth-order valence-corrected chi connectivity index (χ4v) is 7.35. The zero-order valence-electron chi connectivity index (χ0n) is 42.5. The lowest BCUT2D eigenvalue weighted by atomic mass is 10.1. The second-order valence-corrected chi connectivity index (χ2v) is 17.7. The van der Waals surface area contributed by atoms with Crippen molar-refractivity contribution in [3.63, 3.8) is 0 Å². The normalized spacial score (nSPS) is 12.7. The van der Waals surface area contributed by atoms with Crippen LogP contribution in [0.25, 0.3) is 0 Å². The molecule has 0 aliphatic carbocycles. The van der Waals surface area contributed by atoms with E-state index < -0.39 is 6.10 Å². The molecule has 0 saturated heterocycles. The van der Waals surface area contributed by atoms with Gasteiger partial charge in [-0.15, -0.1) is 0 Å². The van der Waals surface area contributed by atoms with E-state index in [2.05, 4.69) is 106 Å². The summed E-state index contributed by atoms with van der Waals surface area (Å²) < 4.78 is 16.7. The maximum absolute atomic E-state index is 12.8. The van der Waals surface area contributed by atoms with Crippen molar-refractivity contribution in [1.82, 2.24) is 0 Å². The molecule has 0 saturated carbocycles. The standard InChI is InChI=1S/C59H100O6/c1-4-7-10-13-16-19-21-23-25-27-29-31-33-35-37-40-43-46-49-52-58(61)64-55-56(54-63-57(60)51-48-45-42-39-18-15-12-9-6-3)65-59(62)53-50-47-44-41-38-36-34-32-30-28-26-24-22-20-17-14-11-8-5-2/h7,9-10,12,16,18-19,23,25,28-31,39,56H,4-6,8,11,13-15,17,20-22,24,26-27,32-38,40-55H2,1-3H3/b10-7-,12-9-,19-16-,25-23-,30-28-,31-29-,39-18-. The summed E-state index contributed by atoms with van der Waals surface area (Å²) in [5.74, 6) is -0.950. The van der Waals surface area contributed by atoms with Crippen LogP contribution in [0, 0.1) is 0 Å². The third-order valence-corrected chi connectivity index (χ3v) is 11.4. The highest BCUT2D eigenvalue weighted by atomic mass is 16.6. The molecule has 6 nitrogen and oxygen atoms in total. The Morgan fingerprint density at radius 3 is 0.985 bits per heavy atom. The molecule has 372 valence electrons.